The number of hydrogen-bond acceptors (Lipinski definition) is 3. The third-order valence-corrected chi connectivity index (χ3v) is 3.88. The highest BCUT2D eigenvalue weighted by molar-refractivity contribution is 9.10. The maximum Gasteiger partial charge on any atom is 0.0669 e. The highest BCUT2D eigenvalue weighted by atomic mass is 79.9. The summed E-state index contributed by atoms with van der Waals surface area (Å²) < 4.78 is 2.81. The van der Waals surface area contributed by atoms with E-state index in [2.05, 4.69) is 26.5 Å². The second-order valence-electron chi connectivity index (χ2n) is 4.49. The maximum atomic E-state index is 6.24. The Labute approximate surface area is 126 Å². The van der Waals surface area contributed by atoms with Crippen LogP contribution in [0.5, 0.6) is 0 Å². The topological polar surface area (TPSA) is 55.9 Å². The first-order valence-electron chi connectivity index (χ1n) is 5.92. The average molecular weight is 344 g/mol. The Morgan fingerprint density at radius 3 is 2.74 bits per heavy atom. The van der Waals surface area contributed by atoms with Crippen LogP contribution in [0.3, 0.4) is 0 Å². The number of halogens is 2. The summed E-state index contributed by atoms with van der Waals surface area (Å²) in [7, 11) is 1.91. The Morgan fingerprint density at radius 1 is 1.47 bits per heavy atom. The first-order chi connectivity index (χ1) is 9.01. The van der Waals surface area contributed by atoms with Crippen molar-refractivity contribution in [3.05, 3.63) is 50.7 Å². The van der Waals surface area contributed by atoms with Crippen LogP contribution in [0.15, 0.2) is 28.7 Å². The van der Waals surface area contributed by atoms with Crippen LogP contribution in [0, 0.1) is 6.92 Å². The van der Waals surface area contributed by atoms with E-state index in [1.54, 1.807) is 0 Å². The number of hydrogen-bond donors (Lipinski definition) is 2. The predicted octanol–water partition coefficient (Wildman–Crippen LogP) is 2.89. The zero-order chi connectivity index (χ0) is 14.0. The third kappa shape index (κ3) is 3.36. The molecule has 6 heteroatoms. The van der Waals surface area contributed by atoms with E-state index in [0.29, 0.717) is 6.42 Å². The van der Waals surface area contributed by atoms with Gasteiger partial charge in [-0.3, -0.25) is 16.0 Å². The summed E-state index contributed by atoms with van der Waals surface area (Å²) in [6, 6.07) is 7.87. The molecule has 0 bridgehead atoms. The van der Waals surface area contributed by atoms with Crippen LogP contribution in [-0.4, -0.2) is 9.78 Å². The van der Waals surface area contributed by atoms with Gasteiger partial charge in [0, 0.05) is 16.5 Å². The largest absolute Gasteiger partial charge is 0.271 e. The summed E-state index contributed by atoms with van der Waals surface area (Å²) in [6.07, 6.45) is 0.710. The van der Waals surface area contributed by atoms with Gasteiger partial charge in [0.2, 0.25) is 0 Å². The molecule has 1 atom stereocenters. The molecule has 0 fully saturated rings. The Bertz CT molecular complexity index is 582. The summed E-state index contributed by atoms with van der Waals surface area (Å²) in [5.41, 5.74) is 5.89. The third-order valence-electron chi connectivity index (χ3n) is 3.04. The van der Waals surface area contributed by atoms with Crippen LogP contribution in [0.2, 0.25) is 5.02 Å². The van der Waals surface area contributed by atoms with Crippen LogP contribution < -0.4 is 11.3 Å². The highest BCUT2D eigenvalue weighted by Gasteiger charge is 2.16. The van der Waals surface area contributed by atoms with Gasteiger partial charge < -0.3 is 0 Å². The first kappa shape index (κ1) is 14.5. The number of aryl methyl sites for hydroxylation is 2. The molecule has 0 saturated heterocycles. The second-order valence-corrected chi connectivity index (χ2v) is 5.82. The van der Waals surface area contributed by atoms with Crippen molar-refractivity contribution >= 4 is 27.5 Å². The van der Waals surface area contributed by atoms with Gasteiger partial charge in [0.1, 0.15) is 0 Å². The number of benzene rings is 1. The first-order valence-corrected chi connectivity index (χ1v) is 7.09. The molecule has 19 heavy (non-hydrogen) atoms. The average Bonchev–Trinajstić information content (AvgIpc) is 2.68. The van der Waals surface area contributed by atoms with E-state index in [9.17, 15) is 0 Å². The molecule has 102 valence electrons. The molecule has 1 heterocycles. The summed E-state index contributed by atoms with van der Waals surface area (Å²) in [5.74, 6) is 5.67. The van der Waals surface area contributed by atoms with Crippen molar-refractivity contribution in [1.82, 2.24) is 15.2 Å². The van der Waals surface area contributed by atoms with E-state index >= 15 is 0 Å². The van der Waals surface area contributed by atoms with E-state index in [-0.39, 0.29) is 6.04 Å². The lowest BCUT2D eigenvalue weighted by atomic mass is 10.0. The van der Waals surface area contributed by atoms with Crippen LogP contribution in [0.25, 0.3) is 0 Å². The Morgan fingerprint density at radius 2 is 2.21 bits per heavy atom. The molecule has 3 N–H and O–H groups in total. The summed E-state index contributed by atoms with van der Waals surface area (Å²) in [6.45, 7) is 1.96. The van der Waals surface area contributed by atoms with Gasteiger partial charge in [0.15, 0.2) is 0 Å². The van der Waals surface area contributed by atoms with Gasteiger partial charge in [-0.15, -0.1) is 0 Å². The maximum absolute atomic E-state index is 6.24. The quantitative estimate of drug-likeness (QED) is 0.663. The van der Waals surface area contributed by atoms with Gasteiger partial charge in [-0.05, 0) is 37.1 Å². The Hall–Kier alpha value is -0.880. The molecule has 0 aliphatic heterocycles. The molecule has 0 saturated carbocycles. The number of hydrazine groups is 1. The lowest BCUT2D eigenvalue weighted by Crippen LogP contribution is -2.31. The van der Waals surface area contributed by atoms with Gasteiger partial charge in [-0.1, -0.05) is 33.6 Å². The summed E-state index contributed by atoms with van der Waals surface area (Å²) in [4.78, 5) is 0. The SMILES string of the molecule is Cc1cc(C(Cc2ccc(Br)cc2Cl)NN)n(C)n1. The van der Waals surface area contributed by atoms with Crippen molar-refractivity contribution in [2.75, 3.05) is 0 Å². The lowest BCUT2D eigenvalue weighted by molar-refractivity contribution is 0.508. The summed E-state index contributed by atoms with van der Waals surface area (Å²) >= 11 is 9.64. The van der Waals surface area contributed by atoms with Crippen molar-refractivity contribution in [2.45, 2.75) is 19.4 Å². The van der Waals surface area contributed by atoms with Crippen LogP contribution in [0.1, 0.15) is 23.0 Å². The fourth-order valence-corrected chi connectivity index (χ4v) is 2.86. The molecule has 0 aliphatic carbocycles. The van der Waals surface area contributed by atoms with Gasteiger partial charge >= 0.3 is 0 Å². The van der Waals surface area contributed by atoms with Crippen LogP contribution >= 0.6 is 27.5 Å². The van der Waals surface area contributed by atoms with E-state index in [0.717, 1.165) is 26.4 Å². The molecule has 0 amide bonds. The molecule has 2 rings (SSSR count). The zero-order valence-electron chi connectivity index (χ0n) is 10.8. The van der Waals surface area contributed by atoms with Gasteiger partial charge in [-0.2, -0.15) is 5.10 Å². The Kier molecular flexibility index (Phi) is 4.62. The fourth-order valence-electron chi connectivity index (χ4n) is 2.11. The highest BCUT2D eigenvalue weighted by Crippen LogP contribution is 2.26. The van der Waals surface area contributed by atoms with Gasteiger partial charge in [0.25, 0.3) is 0 Å². The fraction of sp³-hybridized carbons (Fsp3) is 0.308. The monoisotopic (exact) mass is 342 g/mol. The minimum atomic E-state index is -0.0233. The van der Waals surface area contributed by atoms with E-state index < -0.39 is 0 Å². The number of aromatic nitrogens is 2. The zero-order valence-corrected chi connectivity index (χ0v) is 13.2. The predicted molar refractivity (Wildman–Crippen MR) is 80.9 cm³/mol. The van der Waals surface area contributed by atoms with E-state index in [4.69, 9.17) is 17.4 Å². The van der Waals surface area contributed by atoms with Crippen LogP contribution in [0.4, 0.5) is 0 Å². The molecule has 0 radical (unpaired) electrons. The molecule has 0 aliphatic rings. The molecule has 2 aromatic rings. The molecule has 4 nitrogen and oxygen atoms in total. The number of nitrogens with two attached hydrogens (primary N) is 1. The molecule has 1 unspecified atom stereocenters. The summed E-state index contributed by atoms with van der Waals surface area (Å²) in [5, 5.41) is 5.07. The normalized spacial score (nSPS) is 12.7. The van der Waals surface area contributed by atoms with Crippen molar-refractivity contribution in [1.29, 1.82) is 0 Å². The van der Waals surface area contributed by atoms with Crippen molar-refractivity contribution < 1.29 is 0 Å². The van der Waals surface area contributed by atoms with Gasteiger partial charge in [-0.25, -0.2) is 0 Å². The van der Waals surface area contributed by atoms with Crippen molar-refractivity contribution in [2.24, 2.45) is 12.9 Å². The van der Waals surface area contributed by atoms with Crippen LogP contribution in [-0.2, 0) is 13.5 Å². The van der Waals surface area contributed by atoms with Crippen molar-refractivity contribution in [3.63, 3.8) is 0 Å². The number of rotatable bonds is 4. The molecule has 1 aromatic carbocycles. The minimum Gasteiger partial charge on any atom is -0.271 e. The molecule has 1 aromatic heterocycles. The molecule has 0 spiro atoms. The molecular formula is C13H16BrClN4. The van der Waals surface area contributed by atoms with Crippen molar-refractivity contribution in [3.8, 4) is 0 Å². The number of nitrogens with zero attached hydrogens (tertiary/aromatic N) is 2. The van der Waals surface area contributed by atoms with E-state index in [1.807, 2.05) is 42.9 Å². The standard InChI is InChI=1S/C13H16BrClN4/c1-8-5-13(19(2)18-8)12(17-16)6-9-3-4-10(14)7-11(9)15/h3-5,7,12,17H,6,16H2,1-2H3. The molecular weight excluding hydrogens is 328 g/mol. The Balaban J connectivity index is 2.26. The van der Waals surface area contributed by atoms with E-state index in [1.165, 1.54) is 0 Å². The minimum absolute atomic E-state index is 0.0233. The second kappa shape index (κ2) is 6.05. The van der Waals surface area contributed by atoms with Gasteiger partial charge in [0.05, 0.1) is 17.4 Å². The number of nitrogens with one attached hydrogen (secondary N) is 1. The smallest absolute Gasteiger partial charge is 0.0669 e. The lowest BCUT2D eigenvalue weighted by Gasteiger charge is -2.17.